The third-order valence-electron chi connectivity index (χ3n) is 5.31. The van der Waals surface area contributed by atoms with Gasteiger partial charge in [-0.1, -0.05) is 36.4 Å². The van der Waals surface area contributed by atoms with Crippen LogP contribution in [0.1, 0.15) is 12.0 Å². The summed E-state index contributed by atoms with van der Waals surface area (Å²) in [6.07, 6.45) is 3.22. The molecule has 0 radical (unpaired) electrons. The molecule has 6 nitrogen and oxygen atoms in total. The summed E-state index contributed by atoms with van der Waals surface area (Å²) in [7, 11) is 1.62. The standard InChI is InChI=1S/C24H25N3O3S2/c1-30-13-12-26(11-5-9-18-7-3-2-4-8-18)21(28)15-27-17-25-23-22(24(27)29)19(16-32-23)20-10-6-14-31-20/h2-4,6-8,10,14,16-17H,5,9,11-13,15H2,1H3. The Hall–Kier alpha value is -2.81. The number of hydrogen-bond donors (Lipinski definition) is 0. The van der Waals surface area contributed by atoms with Gasteiger partial charge in [-0.3, -0.25) is 14.2 Å². The van der Waals surface area contributed by atoms with Crippen molar-refractivity contribution in [3.8, 4) is 10.4 Å². The molecule has 0 spiro atoms. The third-order valence-corrected chi connectivity index (χ3v) is 7.10. The minimum absolute atomic E-state index is 0.0312. The van der Waals surface area contributed by atoms with E-state index in [2.05, 4.69) is 17.1 Å². The first-order valence-electron chi connectivity index (χ1n) is 10.5. The van der Waals surface area contributed by atoms with Gasteiger partial charge in [-0.2, -0.15) is 0 Å². The van der Waals surface area contributed by atoms with Gasteiger partial charge in [0.15, 0.2) is 0 Å². The topological polar surface area (TPSA) is 64.4 Å². The second-order valence-corrected chi connectivity index (χ2v) is 9.25. The van der Waals surface area contributed by atoms with Crippen LogP contribution < -0.4 is 5.56 Å². The highest BCUT2D eigenvalue weighted by Gasteiger charge is 2.18. The maximum absolute atomic E-state index is 13.2. The molecule has 0 bridgehead atoms. The molecule has 166 valence electrons. The van der Waals surface area contributed by atoms with Gasteiger partial charge in [0.2, 0.25) is 5.91 Å². The maximum Gasteiger partial charge on any atom is 0.263 e. The number of hydrogen-bond acceptors (Lipinski definition) is 6. The van der Waals surface area contributed by atoms with Gasteiger partial charge in [-0.15, -0.1) is 22.7 Å². The predicted octanol–water partition coefficient (Wildman–Crippen LogP) is 4.29. The summed E-state index contributed by atoms with van der Waals surface area (Å²) >= 11 is 3.04. The highest BCUT2D eigenvalue weighted by molar-refractivity contribution is 7.18. The quantitative estimate of drug-likeness (QED) is 0.349. The first-order chi connectivity index (χ1) is 15.7. The molecule has 4 rings (SSSR count). The number of rotatable bonds is 10. The lowest BCUT2D eigenvalue weighted by Gasteiger charge is -2.23. The zero-order valence-electron chi connectivity index (χ0n) is 17.9. The van der Waals surface area contributed by atoms with Crippen LogP contribution >= 0.6 is 22.7 Å². The van der Waals surface area contributed by atoms with Gasteiger partial charge in [0.25, 0.3) is 5.56 Å². The van der Waals surface area contributed by atoms with Gasteiger partial charge < -0.3 is 9.64 Å². The van der Waals surface area contributed by atoms with E-state index >= 15 is 0 Å². The largest absolute Gasteiger partial charge is 0.383 e. The summed E-state index contributed by atoms with van der Waals surface area (Å²) in [6.45, 7) is 1.53. The van der Waals surface area contributed by atoms with Gasteiger partial charge >= 0.3 is 0 Å². The van der Waals surface area contributed by atoms with Crippen molar-refractivity contribution in [3.05, 3.63) is 75.5 Å². The summed E-state index contributed by atoms with van der Waals surface area (Å²) in [5.41, 5.74) is 1.96. The highest BCUT2D eigenvalue weighted by atomic mass is 32.1. The van der Waals surface area contributed by atoms with E-state index in [1.807, 2.05) is 41.1 Å². The molecule has 1 amide bonds. The minimum atomic E-state index is -0.177. The van der Waals surface area contributed by atoms with Crippen molar-refractivity contribution < 1.29 is 9.53 Å². The number of amides is 1. The first kappa shape index (κ1) is 22.4. The number of aryl methyl sites for hydroxylation is 1. The molecule has 0 fully saturated rings. The number of benzene rings is 1. The van der Waals surface area contributed by atoms with Crippen molar-refractivity contribution in [2.75, 3.05) is 26.8 Å². The third kappa shape index (κ3) is 5.15. The number of ether oxygens (including phenoxy) is 1. The Bertz CT molecular complexity index is 1220. The van der Waals surface area contributed by atoms with Crippen LogP contribution in [0.3, 0.4) is 0 Å². The van der Waals surface area contributed by atoms with Gasteiger partial charge in [-0.25, -0.2) is 4.98 Å². The van der Waals surface area contributed by atoms with Gasteiger partial charge in [-0.05, 0) is 29.9 Å². The summed E-state index contributed by atoms with van der Waals surface area (Å²) < 4.78 is 6.62. The van der Waals surface area contributed by atoms with E-state index in [1.165, 1.54) is 27.8 Å². The monoisotopic (exact) mass is 467 g/mol. The molecular formula is C24H25N3O3S2. The lowest BCUT2D eigenvalue weighted by atomic mass is 10.1. The second kappa shape index (κ2) is 10.7. The fourth-order valence-electron chi connectivity index (χ4n) is 3.62. The number of methoxy groups -OCH3 is 1. The molecule has 3 heterocycles. The maximum atomic E-state index is 13.2. The van der Waals surface area contributed by atoms with Gasteiger partial charge in [0.1, 0.15) is 11.4 Å². The summed E-state index contributed by atoms with van der Waals surface area (Å²) in [6, 6.07) is 14.2. The highest BCUT2D eigenvalue weighted by Crippen LogP contribution is 2.33. The lowest BCUT2D eigenvalue weighted by molar-refractivity contribution is -0.132. The van der Waals surface area contributed by atoms with Crippen molar-refractivity contribution in [2.24, 2.45) is 0 Å². The smallest absolute Gasteiger partial charge is 0.263 e. The van der Waals surface area contributed by atoms with Crippen LogP contribution in [0.15, 0.2) is 64.3 Å². The average molecular weight is 468 g/mol. The molecule has 0 saturated carbocycles. The van der Waals surface area contributed by atoms with E-state index in [0.717, 1.165) is 23.3 Å². The Kier molecular flexibility index (Phi) is 7.47. The Morgan fingerprint density at radius 1 is 1.12 bits per heavy atom. The fourth-order valence-corrected chi connectivity index (χ4v) is 5.34. The van der Waals surface area contributed by atoms with Crippen molar-refractivity contribution in [3.63, 3.8) is 0 Å². The Morgan fingerprint density at radius 3 is 2.72 bits per heavy atom. The zero-order valence-corrected chi connectivity index (χ0v) is 19.5. The molecule has 0 saturated heterocycles. The van der Waals surface area contributed by atoms with Crippen molar-refractivity contribution in [1.82, 2.24) is 14.5 Å². The van der Waals surface area contributed by atoms with E-state index in [9.17, 15) is 9.59 Å². The number of fused-ring (bicyclic) bond motifs is 1. The van der Waals surface area contributed by atoms with Crippen molar-refractivity contribution in [2.45, 2.75) is 19.4 Å². The number of carbonyl (C=O) groups is 1. The van der Waals surface area contributed by atoms with E-state index in [0.29, 0.717) is 29.9 Å². The first-order valence-corrected chi connectivity index (χ1v) is 12.2. The summed E-state index contributed by atoms with van der Waals surface area (Å²) in [5.74, 6) is -0.105. The van der Waals surface area contributed by atoms with Crippen LogP contribution in [0.5, 0.6) is 0 Å². The summed E-state index contributed by atoms with van der Waals surface area (Å²) in [4.78, 5) is 34.2. The molecule has 1 aromatic carbocycles. The Morgan fingerprint density at radius 2 is 1.97 bits per heavy atom. The van der Waals surface area contributed by atoms with Gasteiger partial charge in [0, 0.05) is 36.0 Å². The normalized spacial score (nSPS) is 11.2. The molecule has 0 aliphatic rings. The molecule has 4 aromatic rings. The zero-order chi connectivity index (χ0) is 22.3. The van der Waals surface area contributed by atoms with Gasteiger partial charge in [0.05, 0.1) is 18.3 Å². The van der Waals surface area contributed by atoms with Crippen LogP contribution in [0.4, 0.5) is 0 Å². The van der Waals surface area contributed by atoms with Crippen LogP contribution in [-0.2, 0) is 22.5 Å². The molecule has 32 heavy (non-hydrogen) atoms. The minimum Gasteiger partial charge on any atom is -0.383 e. The van der Waals surface area contributed by atoms with Crippen molar-refractivity contribution in [1.29, 1.82) is 0 Å². The molecule has 3 aromatic heterocycles. The van der Waals surface area contributed by atoms with Crippen LogP contribution in [-0.4, -0.2) is 47.2 Å². The van der Waals surface area contributed by atoms with E-state index in [1.54, 1.807) is 23.3 Å². The molecule has 0 aliphatic carbocycles. The predicted molar refractivity (Wildman–Crippen MR) is 130 cm³/mol. The van der Waals surface area contributed by atoms with E-state index in [-0.39, 0.29) is 18.0 Å². The number of thiophene rings is 2. The fraction of sp³-hybridized carbons (Fsp3) is 0.292. The summed E-state index contributed by atoms with van der Waals surface area (Å²) in [5, 5.41) is 4.53. The van der Waals surface area contributed by atoms with Crippen LogP contribution in [0, 0.1) is 0 Å². The van der Waals surface area contributed by atoms with E-state index in [4.69, 9.17) is 4.74 Å². The Labute approximate surface area is 194 Å². The van der Waals surface area contributed by atoms with Crippen LogP contribution in [0.2, 0.25) is 0 Å². The molecule has 8 heteroatoms. The average Bonchev–Trinajstić information content (AvgIpc) is 3.48. The molecule has 0 N–H and O–H groups in total. The SMILES string of the molecule is COCCN(CCCc1ccccc1)C(=O)Cn1cnc2scc(-c3cccs3)c2c1=O. The number of nitrogens with zero attached hydrogens (tertiary/aromatic N) is 3. The lowest BCUT2D eigenvalue weighted by Crippen LogP contribution is -2.39. The molecular weight excluding hydrogens is 442 g/mol. The van der Waals surface area contributed by atoms with E-state index < -0.39 is 0 Å². The molecule has 0 aliphatic heterocycles. The molecule has 0 unspecified atom stereocenters. The number of carbonyl (C=O) groups excluding carboxylic acids is 1. The Balaban J connectivity index is 1.50. The molecule has 0 atom stereocenters. The second-order valence-electron chi connectivity index (χ2n) is 7.45. The van der Waals surface area contributed by atoms with Crippen molar-refractivity contribution >= 4 is 38.8 Å². The number of aromatic nitrogens is 2. The van der Waals surface area contributed by atoms with Crippen LogP contribution in [0.25, 0.3) is 20.7 Å².